The average molecular weight is 462 g/mol. The summed E-state index contributed by atoms with van der Waals surface area (Å²) in [6, 6.07) is 12.2. The molecule has 0 radical (unpaired) electrons. The lowest BCUT2D eigenvalue weighted by Crippen LogP contribution is -2.29. The Balaban J connectivity index is 1.67. The lowest BCUT2D eigenvalue weighted by molar-refractivity contribution is 0.0970. The van der Waals surface area contributed by atoms with Crippen LogP contribution in [0.2, 0.25) is 0 Å². The van der Waals surface area contributed by atoms with E-state index >= 15 is 0 Å². The molecule has 0 spiro atoms. The zero-order valence-electron chi connectivity index (χ0n) is 18.6. The van der Waals surface area contributed by atoms with Crippen molar-refractivity contribution in [2.45, 2.75) is 33.2 Å². The number of ether oxygens (including phenoxy) is 1. The van der Waals surface area contributed by atoms with Gasteiger partial charge in [0.05, 0.1) is 23.6 Å². The lowest BCUT2D eigenvalue weighted by atomic mass is 9.98. The van der Waals surface area contributed by atoms with Gasteiger partial charge in [-0.2, -0.15) is 0 Å². The molecule has 0 fully saturated rings. The SMILES string of the molecule is Cc1ccc2oc3c(c(=O)c2c1)C(c1cccc(OCCC(C)C)c1)N(c1nncs1)C3=O. The molecule has 0 saturated carbocycles. The zero-order chi connectivity index (χ0) is 23.1. The number of aryl methyl sites for hydroxylation is 1. The fraction of sp³-hybridized carbons (Fsp3) is 0.280. The van der Waals surface area contributed by atoms with E-state index in [1.165, 1.54) is 16.2 Å². The van der Waals surface area contributed by atoms with Crippen molar-refractivity contribution >= 4 is 33.3 Å². The Bertz CT molecular complexity index is 1390. The molecule has 1 aliphatic rings. The van der Waals surface area contributed by atoms with Gasteiger partial charge < -0.3 is 9.15 Å². The summed E-state index contributed by atoms with van der Waals surface area (Å²) < 4.78 is 11.9. The highest BCUT2D eigenvalue weighted by Crippen LogP contribution is 2.42. The molecule has 5 rings (SSSR count). The van der Waals surface area contributed by atoms with Crippen LogP contribution in [-0.4, -0.2) is 22.7 Å². The van der Waals surface area contributed by atoms with Gasteiger partial charge >= 0.3 is 0 Å². The normalized spacial score (nSPS) is 15.5. The van der Waals surface area contributed by atoms with Crippen molar-refractivity contribution < 1.29 is 13.9 Å². The number of hydrogen-bond acceptors (Lipinski definition) is 7. The standard InChI is InChI=1S/C25H23N3O4S/c1-14(2)9-10-31-17-6-4-5-16(12-17)21-20-22(29)18-11-15(3)7-8-19(18)32-23(20)24(30)28(21)25-27-26-13-33-25/h4-8,11-14,21H,9-10H2,1-3H3. The molecular weight excluding hydrogens is 438 g/mol. The van der Waals surface area contributed by atoms with Gasteiger partial charge in [0.25, 0.3) is 5.91 Å². The number of amides is 1. The molecule has 4 aromatic rings. The van der Waals surface area contributed by atoms with Crippen LogP contribution in [0.15, 0.2) is 57.2 Å². The minimum absolute atomic E-state index is 0.0442. The third kappa shape index (κ3) is 3.80. The Labute approximate surface area is 194 Å². The first-order chi connectivity index (χ1) is 15.9. The molecule has 1 unspecified atom stereocenters. The summed E-state index contributed by atoms with van der Waals surface area (Å²) in [6.07, 6.45) is 0.931. The number of rotatable bonds is 6. The first kappa shape index (κ1) is 21.3. The largest absolute Gasteiger partial charge is 0.494 e. The molecule has 0 N–H and O–H groups in total. The maximum atomic E-state index is 13.6. The van der Waals surface area contributed by atoms with Crippen LogP contribution < -0.4 is 15.1 Å². The number of fused-ring (bicyclic) bond motifs is 2. The summed E-state index contributed by atoms with van der Waals surface area (Å²) in [5.41, 5.74) is 3.74. The summed E-state index contributed by atoms with van der Waals surface area (Å²) >= 11 is 1.23. The van der Waals surface area contributed by atoms with Crippen LogP contribution in [0.5, 0.6) is 5.75 Å². The first-order valence-electron chi connectivity index (χ1n) is 10.8. The monoisotopic (exact) mass is 461 g/mol. The van der Waals surface area contributed by atoms with E-state index in [-0.39, 0.29) is 11.2 Å². The van der Waals surface area contributed by atoms with E-state index in [9.17, 15) is 9.59 Å². The summed E-state index contributed by atoms with van der Waals surface area (Å²) in [5, 5.41) is 8.87. The van der Waals surface area contributed by atoms with E-state index in [0.717, 1.165) is 17.5 Å². The number of aromatic nitrogens is 2. The number of nitrogens with zero attached hydrogens (tertiary/aromatic N) is 3. The summed E-state index contributed by atoms with van der Waals surface area (Å²) in [5.74, 6) is 0.856. The van der Waals surface area contributed by atoms with E-state index in [2.05, 4.69) is 24.0 Å². The second-order valence-electron chi connectivity index (χ2n) is 8.58. The molecule has 1 aliphatic heterocycles. The van der Waals surface area contributed by atoms with Crippen molar-refractivity contribution in [1.82, 2.24) is 10.2 Å². The molecule has 2 aromatic heterocycles. The zero-order valence-corrected chi connectivity index (χ0v) is 19.4. The van der Waals surface area contributed by atoms with Crippen LogP contribution in [0.4, 0.5) is 5.13 Å². The van der Waals surface area contributed by atoms with Crippen LogP contribution in [-0.2, 0) is 0 Å². The van der Waals surface area contributed by atoms with Crippen molar-refractivity contribution in [1.29, 1.82) is 0 Å². The van der Waals surface area contributed by atoms with Crippen LogP contribution in [0.25, 0.3) is 11.0 Å². The third-order valence-electron chi connectivity index (χ3n) is 5.72. The van der Waals surface area contributed by atoms with E-state index in [0.29, 0.717) is 39.9 Å². The maximum absolute atomic E-state index is 13.6. The Morgan fingerprint density at radius 2 is 2.03 bits per heavy atom. The maximum Gasteiger partial charge on any atom is 0.297 e. The molecule has 1 atom stereocenters. The molecule has 8 heteroatoms. The lowest BCUT2D eigenvalue weighted by Gasteiger charge is -2.22. The molecular formula is C25H23N3O4S. The number of carbonyl (C=O) groups excluding carboxylic acids is 1. The van der Waals surface area contributed by atoms with Gasteiger partial charge in [0.2, 0.25) is 10.9 Å². The van der Waals surface area contributed by atoms with E-state index in [1.54, 1.807) is 17.6 Å². The Kier molecular flexibility index (Phi) is 5.46. The minimum atomic E-state index is -0.685. The van der Waals surface area contributed by atoms with Crippen molar-refractivity contribution in [3.63, 3.8) is 0 Å². The molecule has 7 nitrogen and oxygen atoms in total. The van der Waals surface area contributed by atoms with E-state index in [1.807, 2.05) is 37.3 Å². The van der Waals surface area contributed by atoms with Crippen LogP contribution in [0.3, 0.4) is 0 Å². The van der Waals surface area contributed by atoms with Gasteiger partial charge in [-0.15, -0.1) is 10.2 Å². The number of hydrogen-bond donors (Lipinski definition) is 0. The van der Waals surface area contributed by atoms with Gasteiger partial charge in [0.1, 0.15) is 16.8 Å². The highest BCUT2D eigenvalue weighted by atomic mass is 32.1. The minimum Gasteiger partial charge on any atom is -0.494 e. The fourth-order valence-electron chi connectivity index (χ4n) is 4.06. The predicted octanol–water partition coefficient (Wildman–Crippen LogP) is 5.13. The molecule has 1 amide bonds. The Morgan fingerprint density at radius 3 is 2.79 bits per heavy atom. The number of carbonyl (C=O) groups is 1. The third-order valence-corrected chi connectivity index (χ3v) is 6.41. The summed E-state index contributed by atoms with van der Waals surface area (Å²) in [6.45, 7) is 6.80. The van der Waals surface area contributed by atoms with Crippen molar-refractivity contribution in [3.05, 3.63) is 80.6 Å². The quantitative estimate of drug-likeness (QED) is 0.396. The van der Waals surface area contributed by atoms with Crippen LogP contribution >= 0.6 is 11.3 Å². The highest BCUT2D eigenvalue weighted by Gasteiger charge is 2.45. The predicted molar refractivity (Wildman–Crippen MR) is 127 cm³/mol. The van der Waals surface area contributed by atoms with E-state index < -0.39 is 11.9 Å². The number of benzene rings is 2. The molecule has 0 saturated heterocycles. The van der Waals surface area contributed by atoms with Crippen molar-refractivity contribution in [2.24, 2.45) is 5.92 Å². The van der Waals surface area contributed by atoms with Crippen LogP contribution in [0.1, 0.15) is 53.6 Å². The van der Waals surface area contributed by atoms with Crippen molar-refractivity contribution in [3.8, 4) is 5.75 Å². The molecule has 0 bridgehead atoms. The van der Waals surface area contributed by atoms with Gasteiger partial charge in [-0.25, -0.2) is 0 Å². The van der Waals surface area contributed by atoms with E-state index in [4.69, 9.17) is 9.15 Å². The first-order valence-corrected chi connectivity index (χ1v) is 11.7. The Morgan fingerprint density at radius 1 is 1.18 bits per heavy atom. The smallest absolute Gasteiger partial charge is 0.297 e. The topological polar surface area (TPSA) is 85.5 Å². The fourth-order valence-corrected chi connectivity index (χ4v) is 4.64. The second kappa shape index (κ2) is 8.44. The second-order valence-corrected chi connectivity index (χ2v) is 9.39. The summed E-state index contributed by atoms with van der Waals surface area (Å²) in [7, 11) is 0. The summed E-state index contributed by atoms with van der Waals surface area (Å²) in [4.78, 5) is 28.6. The molecule has 2 aromatic carbocycles. The van der Waals surface area contributed by atoms with Gasteiger partial charge in [-0.1, -0.05) is 48.9 Å². The highest BCUT2D eigenvalue weighted by molar-refractivity contribution is 7.13. The Hall–Kier alpha value is -3.52. The van der Waals surface area contributed by atoms with Gasteiger partial charge in [0, 0.05) is 0 Å². The molecule has 0 aliphatic carbocycles. The van der Waals surface area contributed by atoms with Gasteiger partial charge in [-0.05, 0) is 49.1 Å². The van der Waals surface area contributed by atoms with Gasteiger partial charge in [0.15, 0.2) is 5.43 Å². The average Bonchev–Trinajstić information content (AvgIpc) is 3.41. The molecule has 168 valence electrons. The molecule has 3 heterocycles. The van der Waals surface area contributed by atoms with Gasteiger partial charge in [-0.3, -0.25) is 14.5 Å². The van der Waals surface area contributed by atoms with Crippen LogP contribution in [0, 0.1) is 12.8 Å². The number of anilines is 1. The molecule has 33 heavy (non-hydrogen) atoms. The van der Waals surface area contributed by atoms with Crippen molar-refractivity contribution in [2.75, 3.05) is 11.5 Å².